The van der Waals surface area contributed by atoms with E-state index in [2.05, 4.69) is 0 Å². The summed E-state index contributed by atoms with van der Waals surface area (Å²) in [4.78, 5) is 25.1. The van der Waals surface area contributed by atoms with Gasteiger partial charge in [0.25, 0.3) is 0 Å². The molecule has 4 nitrogen and oxygen atoms in total. The summed E-state index contributed by atoms with van der Waals surface area (Å²) in [6.45, 7) is 0. The van der Waals surface area contributed by atoms with E-state index in [4.69, 9.17) is 0 Å². The third-order valence-corrected chi connectivity index (χ3v) is 3.65. The minimum Gasteiger partial charge on any atom is -0.383 e. The Morgan fingerprint density at radius 3 is 2.65 bits per heavy atom. The normalized spacial score (nSPS) is 20.1. The topological polar surface area (TPSA) is 49.4 Å². The molecular weight excluding hydrogens is 293 g/mol. The number of halogens is 3. The molecule has 1 amide bonds. The number of ketones is 1. The van der Waals surface area contributed by atoms with Crippen LogP contribution >= 0.6 is 11.3 Å². The van der Waals surface area contributed by atoms with Gasteiger partial charge in [-0.15, -0.1) is 11.3 Å². The fourth-order valence-electron chi connectivity index (χ4n) is 1.94. The molecule has 0 spiro atoms. The highest BCUT2D eigenvalue weighted by Crippen LogP contribution is 2.39. The number of thiophene rings is 1. The van der Waals surface area contributed by atoms with Crippen molar-refractivity contribution in [2.24, 2.45) is 0 Å². The molecule has 1 atom stereocenters. The van der Waals surface area contributed by atoms with Crippen molar-refractivity contribution in [3.8, 4) is 0 Å². The number of carbonyl (C=O) groups excluding carboxylic acids is 2. The molecule has 20 heavy (non-hydrogen) atoms. The number of nitrogens with zero attached hydrogens (tertiary/aromatic N) is 1. The first-order valence-electron chi connectivity index (χ1n) is 5.59. The molecule has 8 heteroatoms. The number of amides is 1. The van der Waals surface area contributed by atoms with Gasteiger partial charge in [0.15, 0.2) is 0 Å². The van der Waals surface area contributed by atoms with Gasteiger partial charge in [0.2, 0.25) is 5.78 Å². The van der Waals surface area contributed by atoms with Crippen LogP contribution in [-0.4, -0.2) is 36.9 Å². The fraction of sp³-hybridized carbons (Fsp3) is 0.333. The van der Waals surface area contributed by atoms with Gasteiger partial charge in [-0.25, -0.2) is 0 Å². The molecule has 1 heterocycles. The molecule has 0 aromatic carbocycles. The molecule has 1 aromatic heterocycles. The van der Waals surface area contributed by atoms with Gasteiger partial charge in [0.05, 0.1) is 10.9 Å². The summed E-state index contributed by atoms with van der Waals surface area (Å²) in [6.07, 6.45) is -3.55. The highest BCUT2D eigenvalue weighted by Gasteiger charge is 2.44. The SMILES string of the molecule is CN(C)/C=C1/C(=O)c2sccc2[C@H]1NC(=O)C(F)(F)F. The van der Waals surface area contributed by atoms with Crippen molar-refractivity contribution in [1.82, 2.24) is 10.2 Å². The summed E-state index contributed by atoms with van der Waals surface area (Å²) < 4.78 is 37.1. The van der Waals surface area contributed by atoms with Gasteiger partial charge in [-0.2, -0.15) is 13.2 Å². The highest BCUT2D eigenvalue weighted by molar-refractivity contribution is 7.12. The van der Waals surface area contributed by atoms with Crippen LogP contribution < -0.4 is 5.32 Å². The lowest BCUT2D eigenvalue weighted by molar-refractivity contribution is -0.174. The number of alkyl halides is 3. The first-order chi connectivity index (χ1) is 9.21. The molecule has 0 saturated heterocycles. The number of rotatable bonds is 2. The Hall–Kier alpha value is -1.83. The zero-order valence-electron chi connectivity index (χ0n) is 10.6. The van der Waals surface area contributed by atoms with Gasteiger partial charge in [-0.05, 0) is 11.4 Å². The van der Waals surface area contributed by atoms with Crippen molar-refractivity contribution >= 4 is 23.0 Å². The van der Waals surface area contributed by atoms with E-state index in [1.54, 1.807) is 30.4 Å². The predicted molar refractivity (Wildman–Crippen MR) is 67.4 cm³/mol. The Morgan fingerprint density at radius 2 is 2.10 bits per heavy atom. The molecule has 0 unspecified atom stereocenters. The number of nitrogens with one attached hydrogen (secondary N) is 1. The van der Waals surface area contributed by atoms with E-state index in [1.165, 1.54) is 6.20 Å². The summed E-state index contributed by atoms with van der Waals surface area (Å²) in [7, 11) is 3.30. The Balaban J connectivity index is 2.38. The standard InChI is InChI=1S/C12H11F3N2O2S/c1-17(2)5-7-8(16-11(19)12(13,14)15)6-3-4-20-10(6)9(7)18/h3-5,8H,1-2H3,(H,16,19)/b7-5+/t8-/m1/s1. The van der Waals surface area contributed by atoms with E-state index in [0.29, 0.717) is 10.4 Å². The first kappa shape index (κ1) is 14.6. The molecule has 2 rings (SSSR count). The van der Waals surface area contributed by atoms with Crippen molar-refractivity contribution in [3.05, 3.63) is 33.7 Å². The van der Waals surface area contributed by atoms with Crippen LogP contribution in [0.5, 0.6) is 0 Å². The Bertz CT molecular complexity index is 590. The summed E-state index contributed by atoms with van der Waals surface area (Å²) in [5, 5.41) is 3.49. The number of carbonyl (C=O) groups is 2. The average Bonchev–Trinajstić information content (AvgIpc) is 2.86. The second-order valence-corrected chi connectivity index (χ2v) is 5.40. The minimum atomic E-state index is -4.98. The van der Waals surface area contributed by atoms with Gasteiger partial charge in [-0.1, -0.05) is 0 Å². The molecule has 1 aliphatic rings. The third kappa shape index (κ3) is 2.55. The minimum absolute atomic E-state index is 0.134. The molecule has 0 bridgehead atoms. The van der Waals surface area contributed by atoms with Crippen LogP contribution in [0, 0.1) is 0 Å². The van der Waals surface area contributed by atoms with Crippen molar-refractivity contribution in [2.75, 3.05) is 14.1 Å². The maximum Gasteiger partial charge on any atom is 0.471 e. The molecule has 1 N–H and O–H groups in total. The molecule has 0 aliphatic heterocycles. The lowest BCUT2D eigenvalue weighted by atomic mass is 10.1. The highest BCUT2D eigenvalue weighted by atomic mass is 32.1. The van der Waals surface area contributed by atoms with Crippen LogP contribution in [0.1, 0.15) is 21.3 Å². The fourth-order valence-corrected chi connectivity index (χ4v) is 2.84. The monoisotopic (exact) mass is 304 g/mol. The molecular formula is C12H11F3N2O2S. The summed E-state index contributed by atoms with van der Waals surface area (Å²) in [5.74, 6) is -2.41. The lowest BCUT2D eigenvalue weighted by Crippen LogP contribution is -2.39. The number of fused-ring (bicyclic) bond motifs is 1. The van der Waals surface area contributed by atoms with E-state index in [1.807, 2.05) is 5.32 Å². The molecule has 108 valence electrons. The van der Waals surface area contributed by atoms with Gasteiger partial charge < -0.3 is 10.2 Å². The van der Waals surface area contributed by atoms with Crippen LogP contribution in [0.3, 0.4) is 0 Å². The second kappa shape index (κ2) is 4.93. The number of hydrogen-bond acceptors (Lipinski definition) is 4. The zero-order chi connectivity index (χ0) is 15.1. The largest absolute Gasteiger partial charge is 0.471 e. The van der Waals surface area contributed by atoms with Gasteiger partial charge in [-0.3, -0.25) is 9.59 Å². The van der Waals surface area contributed by atoms with Gasteiger partial charge >= 0.3 is 12.1 Å². The number of hydrogen-bond donors (Lipinski definition) is 1. The van der Waals surface area contributed by atoms with E-state index >= 15 is 0 Å². The van der Waals surface area contributed by atoms with Crippen molar-refractivity contribution in [3.63, 3.8) is 0 Å². The van der Waals surface area contributed by atoms with Crippen LogP contribution in [0.4, 0.5) is 13.2 Å². The average molecular weight is 304 g/mol. The zero-order valence-corrected chi connectivity index (χ0v) is 11.4. The molecule has 1 aliphatic carbocycles. The maximum atomic E-state index is 12.4. The molecule has 0 radical (unpaired) electrons. The van der Waals surface area contributed by atoms with Crippen LogP contribution in [0.2, 0.25) is 0 Å². The molecule has 0 fully saturated rings. The van der Waals surface area contributed by atoms with Gasteiger partial charge in [0, 0.05) is 31.4 Å². The summed E-state index contributed by atoms with van der Waals surface area (Å²) in [5.41, 5.74) is 0.542. The maximum absolute atomic E-state index is 12.4. The lowest BCUT2D eigenvalue weighted by Gasteiger charge is -2.17. The Kier molecular flexibility index (Phi) is 3.59. The third-order valence-electron chi connectivity index (χ3n) is 2.72. The van der Waals surface area contributed by atoms with E-state index in [-0.39, 0.29) is 11.4 Å². The van der Waals surface area contributed by atoms with Crippen molar-refractivity contribution in [2.45, 2.75) is 12.2 Å². The Morgan fingerprint density at radius 1 is 1.45 bits per heavy atom. The summed E-state index contributed by atoms with van der Waals surface area (Å²) in [6, 6.07) is 0.496. The van der Waals surface area contributed by atoms with Crippen molar-refractivity contribution in [1.29, 1.82) is 0 Å². The second-order valence-electron chi connectivity index (χ2n) is 4.49. The van der Waals surface area contributed by atoms with E-state index in [9.17, 15) is 22.8 Å². The molecule has 1 aromatic rings. The van der Waals surface area contributed by atoms with Crippen molar-refractivity contribution < 1.29 is 22.8 Å². The molecule has 0 saturated carbocycles. The smallest absolute Gasteiger partial charge is 0.383 e. The van der Waals surface area contributed by atoms with E-state index in [0.717, 1.165) is 11.3 Å². The van der Waals surface area contributed by atoms with E-state index < -0.39 is 18.1 Å². The van der Waals surface area contributed by atoms with Crippen LogP contribution in [0.25, 0.3) is 0 Å². The Labute approximate surface area is 116 Å². The first-order valence-corrected chi connectivity index (χ1v) is 6.47. The quantitative estimate of drug-likeness (QED) is 0.851. The predicted octanol–water partition coefficient (Wildman–Crippen LogP) is 2.11. The number of Topliss-reactive ketones (excluding diaryl/α,β-unsaturated/α-hetero) is 1. The van der Waals surface area contributed by atoms with Crippen LogP contribution in [0.15, 0.2) is 23.2 Å². The van der Waals surface area contributed by atoms with Crippen LogP contribution in [-0.2, 0) is 4.79 Å². The summed E-state index contributed by atoms with van der Waals surface area (Å²) >= 11 is 1.15. The van der Waals surface area contributed by atoms with Gasteiger partial charge in [0.1, 0.15) is 0 Å².